The highest BCUT2D eigenvalue weighted by molar-refractivity contribution is 7.89. The Bertz CT molecular complexity index is 973. The lowest BCUT2D eigenvalue weighted by Crippen LogP contribution is -2.63. The summed E-state index contributed by atoms with van der Waals surface area (Å²) in [5.74, 6) is -0.147. The van der Waals surface area contributed by atoms with Gasteiger partial charge in [-0.3, -0.25) is 9.48 Å². The molecule has 2 aromatic rings. The number of benzene rings is 1. The number of likely N-dealkylation sites (tertiary alicyclic amines) is 2. The summed E-state index contributed by atoms with van der Waals surface area (Å²) >= 11 is 0. The molecule has 1 amide bonds. The van der Waals surface area contributed by atoms with E-state index in [4.69, 9.17) is 0 Å². The van der Waals surface area contributed by atoms with Gasteiger partial charge in [-0.15, -0.1) is 0 Å². The van der Waals surface area contributed by atoms with Crippen LogP contribution in [0.2, 0.25) is 0 Å². The molecule has 8 nitrogen and oxygen atoms in total. The van der Waals surface area contributed by atoms with Crippen molar-refractivity contribution in [1.29, 1.82) is 0 Å². The average molecular weight is 432 g/mol. The van der Waals surface area contributed by atoms with Gasteiger partial charge < -0.3 is 9.80 Å². The van der Waals surface area contributed by atoms with Gasteiger partial charge in [-0.05, 0) is 51.1 Å². The molecule has 2 saturated heterocycles. The fraction of sp³-hybridized carbons (Fsp3) is 0.524. The van der Waals surface area contributed by atoms with E-state index >= 15 is 0 Å². The minimum absolute atomic E-state index is 0.147. The van der Waals surface area contributed by atoms with E-state index in [0.717, 1.165) is 25.3 Å². The topological polar surface area (TPSA) is 78.8 Å². The molecule has 0 saturated carbocycles. The van der Waals surface area contributed by atoms with E-state index in [1.54, 1.807) is 51.3 Å². The van der Waals surface area contributed by atoms with Gasteiger partial charge in [0.1, 0.15) is 0 Å². The van der Waals surface area contributed by atoms with Gasteiger partial charge in [-0.25, -0.2) is 8.42 Å². The third kappa shape index (κ3) is 4.14. The van der Waals surface area contributed by atoms with Crippen LogP contribution in [0.5, 0.6) is 0 Å². The lowest BCUT2D eigenvalue weighted by atomic mass is 10.1. The first-order valence-electron chi connectivity index (χ1n) is 10.5. The van der Waals surface area contributed by atoms with Crippen molar-refractivity contribution >= 4 is 15.9 Å². The predicted octanol–water partition coefficient (Wildman–Crippen LogP) is 1.34. The number of hydrogen-bond donors (Lipinski definition) is 0. The number of aromatic nitrogens is 2. The van der Waals surface area contributed by atoms with E-state index in [2.05, 4.69) is 10.00 Å². The van der Waals surface area contributed by atoms with E-state index in [1.165, 1.54) is 12.8 Å². The number of hydrogen-bond acceptors (Lipinski definition) is 5. The molecule has 0 aliphatic carbocycles. The molecular formula is C21H29N5O3S. The van der Waals surface area contributed by atoms with Crippen LogP contribution in [0.15, 0.2) is 41.3 Å². The Hall–Kier alpha value is -2.23. The van der Waals surface area contributed by atoms with Crippen LogP contribution >= 0.6 is 0 Å². The molecular weight excluding hydrogens is 402 g/mol. The van der Waals surface area contributed by atoms with Crippen LogP contribution < -0.4 is 0 Å². The van der Waals surface area contributed by atoms with E-state index in [1.807, 2.05) is 13.0 Å². The standard InChI is InChI=1S/C21H29N5O3S/c1-17-14-20(22-23(17)2)21(27)25-15-18(16-25)26(13-12-24-10-6-7-11-24)30(28,29)19-8-4-3-5-9-19/h3-5,8-9,14,18H,6-7,10-13,15-16H2,1-2H3. The molecule has 1 aromatic carbocycles. The smallest absolute Gasteiger partial charge is 0.274 e. The van der Waals surface area contributed by atoms with Crippen LogP contribution in [0.3, 0.4) is 0 Å². The van der Waals surface area contributed by atoms with Gasteiger partial charge in [0, 0.05) is 38.9 Å². The monoisotopic (exact) mass is 431 g/mol. The Morgan fingerprint density at radius 2 is 1.83 bits per heavy atom. The highest BCUT2D eigenvalue weighted by atomic mass is 32.2. The van der Waals surface area contributed by atoms with Gasteiger partial charge in [0.15, 0.2) is 5.69 Å². The zero-order chi connectivity index (χ0) is 21.3. The Balaban J connectivity index is 1.48. The first kappa shape index (κ1) is 21.0. The van der Waals surface area contributed by atoms with Crippen molar-refractivity contribution in [3.05, 3.63) is 47.8 Å². The summed E-state index contributed by atoms with van der Waals surface area (Å²) in [5, 5.41) is 4.25. The van der Waals surface area contributed by atoms with Crippen molar-refractivity contribution in [2.75, 3.05) is 39.3 Å². The minimum atomic E-state index is -3.62. The second-order valence-electron chi connectivity index (χ2n) is 8.14. The predicted molar refractivity (Wildman–Crippen MR) is 114 cm³/mol. The Labute approximate surface area is 178 Å². The molecule has 0 bridgehead atoms. The molecule has 2 aliphatic rings. The van der Waals surface area contributed by atoms with E-state index < -0.39 is 10.0 Å². The van der Waals surface area contributed by atoms with Crippen molar-refractivity contribution in [2.24, 2.45) is 7.05 Å². The Kier molecular flexibility index (Phi) is 5.95. The van der Waals surface area contributed by atoms with Gasteiger partial charge >= 0.3 is 0 Å². The summed E-state index contributed by atoms with van der Waals surface area (Å²) in [6.07, 6.45) is 2.33. The summed E-state index contributed by atoms with van der Waals surface area (Å²) in [6.45, 7) is 5.87. The fourth-order valence-corrected chi connectivity index (χ4v) is 5.72. The zero-order valence-corrected chi connectivity index (χ0v) is 18.4. The van der Waals surface area contributed by atoms with Crippen LogP contribution in [0.1, 0.15) is 29.0 Å². The van der Waals surface area contributed by atoms with Gasteiger partial charge in [-0.2, -0.15) is 9.40 Å². The number of rotatable bonds is 7. The Morgan fingerprint density at radius 3 is 2.43 bits per heavy atom. The van der Waals surface area contributed by atoms with Crippen LogP contribution in [0, 0.1) is 6.92 Å². The average Bonchev–Trinajstić information content (AvgIpc) is 3.33. The normalized spacial score (nSPS) is 18.2. The highest BCUT2D eigenvalue weighted by Crippen LogP contribution is 2.25. The summed E-state index contributed by atoms with van der Waals surface area (Å²) in [5.41, 5.74) is 1.32. The maximum atomic E-state index is 13.4. The first-order valence-corrected chi connectivity index (χ1v) is 11.9. The summed E-state index contributed by atoms with van der Waals surface area (Å²) in [4.78, 5) is 17.0. The maximum Gasteiger partial charge on any atom is 0.274 e. The van der Waals surface area contributed by atoms with Crippen LogP contribution in [-0.4, -0.2) is 83.5 Å². The number of amides is 1. The van der Waals surface area contributed by atoms with Crippen molar-refractivity contribution in [3.63, 3.8) is 0 Å². The number of carbonyl (C=O) groups is 1. The molecule has 3 heterocycles. The van der Waals surface area contributed by atoms with Gasteiger partial charge in [0.05, 0.1) is 10.9 Å². The molecule has 4 rings (SSSR count). The minimum Gasteiger partial charge on any atom is -0.334 e. The van der Waals surface area contributed by atoms with Crippen LogP contribution in [0.4, 0.5) is 0 Å². The molecule has 0 radical (unpaired) electrons. The number of carbonyl (C=O) groups excluding carboxylic acids is 1. The van der Waals surface area contributed by atoms with Crippen LogP contribution in [-0.2, 0) is 17.1 Å². The zero-order valence-electron chi connectivity index (χ0n) is 17.6. The van der Waals surface area contributed by atoms with Crippen molar-refractivity contribution in [2.45, 2.75) is 30.7 Å². The van der Waals surface area contributed by atoms with Crippen LogP contribution in [0.25, 0.3) is 0 Å². The molecule has 0 unspecified atom stereocenters. The molecule has 1 aromatic heterocycles. The molecule has 0 atom stereocenters. The number of nitrogens with zero attached hydrogens (tertiary/aromatic N) is 5. The quantitative estimate of drug-likeness (QED) is 0.661. The van der Waals surface area contributed by atoms with E-state index in [-0.39, 0.29) is 11.9 Å². The Morgan fingerprint density at radius 1 is 1.17 bits per heavy atom. The second-order valence-corrected chi connectivity index (χ2v) is 10.0. The summed E-state index contributed by atoms with van der Waals surface area (Å²) < 4.78 is 30.0. The largest absolute Gasteiger partial charge is 0.334 e. The number of sulfonamides is 1. The SMILES string of the molecule is Cc1cc(C(=O)N2CC(N(CCN3CCCC3)S(=O)(=O)c3ccccc3)C2)nn1C. The molecule has 0 N–H and O–H groups in total. The van der Waals surface area contributed by atoms with Crippen molar-refractivity contribution in [3.8, 4) is 0 Å². The molecule has 30 heavy (non-hydrogen) atoms. The van der Waals surface area contributed by atoms with E-state index in [9.17, 15) is 13.2 Å². The van der Waals surface area contributed by atoms with Gasteiger partial charge in [-0.1, -0.05) is 18.2 Å². The van der Waals surface area contributed by atoms with E-state index in [0.29, 0.717) is 30.2 Å². The third-order valence-electron chi connectivity index (χ3n) is 6.07. The highest BCUT2D eigenvalue weighted by Gasteiger charge is 2.41. The lowest BCUT2D eigenvalue weighted by Gasteiger charge is -2.44. The molecule has 2 fully saturated rings. The molecule has 162 valence electrons. The van der Waals surface area contributed by atoms with Gasteiger partial charge in [0.2, 0.25) is 10.0 Å². The number of aryl methyl sites for hydroxylation is 2. The summed E-state index contributed by atoms with van der Waals surface area (Å²) in [7, 11) is -1.82. The fourth-order valence-electron chi connectivity index (χ4n) is 4.10. The van der Waals surface area contributed by atoms with Gasteiger partial charge in [0.25, 0.3) is 5.91 Å². The first-order chi connectivity index (χ1) is 14.4. The second kappa shape index (κ2) is 8.49. The summed E-state index contributed by atoms with van der Waals surface area (Å²) in [6, 6.07) is 10.1. The molecule has 2 aliphatic heterocycles. The molecule has 9 heteroatoms. The lowest BCUT2D eigenvalue weighted by molar-refractivity contribution is 0.0436. The van der Waals surface area contributed by atoms with Crippen molar-refractivity contribution < 1.29 is 13.2 Å². The molecule has 0 spiro atoms. The van der Waals surface area contributed by atoms with Crippen molar-refractivity contribution in [1.82, 2.24) is 23.9 Å². The third-order valence-corrected chi connectivity index (χ3v) is 8.04. The maximum absolute atomic E-state index is 13.4.